The molecule has 3 aromatic carbocycles. The topological polar surface area (TPSA) is 47.6 Å². The van der Waals surface area contributed by atoms with E-state index in [1.54, 1.807) is 0 Å². The molecule has 1 saturated heterocycles. The van der Waals surface area contributed by atoms with Gasteiger partial charge in [-0.2, -0.15) is 0 Å². The van der Waals surface area contributed by atoms with Crippen LogP contribution in [0.4, 0.5) is 8.78 Å². The van der Waals surface area contributed by atoms with E-state index < -0.39 is 0 Å². The monoisotopic (exact) mass is 504 g/mol. The molecule has 0 bridgehead atoms. The second kappa shape index (κ2) is 11.9. The van der Waals surface area contributed by atoms with Gasteiger partial charge in [0.25, 0.3) is 5.91 Å². The van der Waals surface area contributed by atoms with Crippen LogP contribution in [0.5, 0.6) is 0 Å². The zero-order chi connectivity index (χ0) is 25.6. The molecule has 2 aliphatic rings. The van der Waals surface area contributed by atoms with Gasteiger partial charge in [-0.3, -0.25) is 14.6 Å². The standard InChI is InChI=1S/C30H34F2N4O/c31-27-7-3-23(4-8-27)29(24-5-9-28(32)10-6-24)36-19-17-35(18-20-36)16-15-34-30(37)26-2-1-22-11-13-33-14-12-25(22)21-26/h1-10,21,29,33H,11-20H2,(H,34,37). The van der Waals surface area contributed by atoms with E-state index in [9.17, 15) is 13.6 Å². The molecule has 2 N–H and O–H groups in total. The van der Waals surface area contributed by atoms with Gasteiger partial charge in [0.2, 0.25) is 0 Å². The Bertz CT molecular complexity index is 1150. The number of hydrogen-bond donors (Lipinski definition) is 2. The number of carbonyl (C=O) groups excluding carboxylic acids is 1. The molecular formula is C30H34F2N4O. The second-order valence-electron chi connectivity index (χ2n) is 9.87. The summed E-state index contributed by atoms with van der Waals surface area (Å²) in [6.07, 6.45) is 1.96. The molecule has 1 amide bonds. The van der Waals surface area contributed by atoms with Crippen molar-refractivity contribution in [2.24, 2.45) is 0 Å². The second-order valence-corrected chi connectivity index (χ2v) is 9.87. The average molecular weight is 505 g/mol. The maximum absolute atomic E-state index is 13.6. The zero-order valence-corrected chi connectivity index (χ0v) is 21.1. The molecule has 3 aromatic rings. The zero-order valence-electron chi connectivity index (χ0n) is 21.1. The third kappa shape index (κ3) is 6.42. The van der Waals surface area contributed by atoms with Crippen molar-refractivity contribution < 1.29 is 13.6 Å². The summed E-state index contributed by atoms with van der Waals surface area (Å²) in [6, 6.07) is 19.2. The molecule has 7 heteroatoms. The number of rotatable bonds is 7. The van der Waals surface area contributed by atoms with E-state index in [1.165, 1.54) is 35.4 Å². The summed E-state index contributed by atoms with van der Waals surface area (Å²) in [5.74, 6) is -0.556. The summed E-state index contributed by atoms with van der Waals surface area (Å²) in [5.41, 5.74) is 5.31. The Kier molecular flexibility index (Phi) is 8.24. The van der Waals surface area contributed by atoms with Gasteiger partial charge >= 0.3 is 0 Å². The molecule has 0 aliphatic carbocycles. The van der Waals surface area contributed by atoms with Crippen molar-refractivity contribution in [2.75, 3.05) is 52.4 Å². The molecule has 0 aromatic heterocycles. The summed E-state index contributed by atoms with van der Waals surface area (Å²) in [4.78, 5) is 17.5. The number of nitrogens with one attached hydrogen (secondary N) is 2. The van der Waals surface area contributed by atoms with E-state index >= 15 is 0 Å². The highest BCUT2D eigenvalue weighted by atomic mass is 19.1. The third-order valence-electron chi connectivity index (χ3n) is 7.47. The number of amides is 1. The van der Waals surface area contributed by atoms with Gasteiger partial charge in [0.1, 0.15) is 11.6 Å². The van der Waals surface area contributed by atoms with E-state index in [2.05, 4.69) is 26.5 Å². The van der Waals surface area contributed by atoms with Gasteiger partial charge < -0.3 is 10.6 Å². The van der Waals surface area contributed by atoms with Gasteiger partial charge in [-0.15, -0.1) is 0 Å². The van der Waals surface area contributed by atoms with Gasteiger partial charge in [-0.05, 0) is 84.6 Å². The van der Waals surface area contributed by atoms with Crippen molar-refractivity contribution in [3.05, 3.63) is 106 Å². The smallest absolute Gasteiger partial charge is 0.251 e. The highest BCUT2D eigenvalue weighted by molar-refractivity contribution is 5.94. The highest BCUT2D eigenvalue weighted by Crippen LogP contribution is 2.30. The molecular weight excluding hydrogens is 470 g/mol. The maximum atomic E-state index is 13.6. The number of nitrogens with zero attached hydrogens (tertiary/aromatic N) is 2. The van der Waals surface area contributed by atoms with E-state index in [-0.39, 0.29) is 23.6 Å². The minimum absolute atomic E-state index is 0.0219. The fourth-order valence-electron chi connectivity index (χ4n) is 5.39. The molecule has 2 aliphatic heterocycles. The molecule has 1 fully saturated rings. The Morgan fingerprint density at radius 2 is 1.41 bits per heavy atom. The lowest BCUT2D eigenvalue weighted by atomic mass is 9.96. The van der Waals surface area contributed by atoms with E-state index in [4.69, 9.17) is 0 Å². The Morgan fingerprint density at radius 1 is 0.811 bits per heavy atom. The van der Waals surface area contributed by atoms with E-state index in [0.29, 0.717) is 6.54 Å². The molecule has 5 nitrogen and oxygen atoms in total. The van der Waals surface area contributed by atoms with Gasteiger partial charge in [0.15, 0.2) is 0 Å². The summed E-state index contributed by atoms with van der Waals surface area (Å²) in [7, 11) is 0. The molecule has 2 heterocycles. The SMILES string of the molecule is O=C(NCCN1CCN(C(c2ccc(F)cc2)c2ccc(F)cc2)CC1)c1ccc2c(c1)CCNCC2. The predicted molar refractivity (Wildman–Crippen MR) is 142 cm³/mol. The van der Waals surface area contributed by atoms with Gasteiger partial charge in [-0.25, -0.2) is 8.78 Å². The number of carbonyl (C=O) groups is 1. The molecule has 194 valence electrons. The first-order valence-corrected chi connectivity index (χ1v) is 13.1. The normalized spacial score (nSPS) is 16.8. The Morgan fingerprint density at radius 3 is 2.03 bits per heavy atom. The summed E-state index contributed by atoms with van der Waals surface area (Å²) >= 11 is 0. The van der Waals surface area contributed by atoms with Crippen LogP contribution < -0.4 is 10.6 Å². The molecule has 0 atom stereocenters. The lowest BCUT2D eigenvalue weighted by Crippen LogP contribution is -2.49. The van der Waals surface area contributed by atoms with Crippen LogP contribution in [0, 0.1) is 11.6 Å². The quantitative estimate of drug-likeness (QED) is 0.514. The third-order valence-corrected chi connectivity index (χ3v) is 7.47. The number of benzene rings is 3. The largest absolute Gasteiger partial charge is 0.351 e. The fourth-order valence-corrected chi connectivity index (χ4v) is 5.39. The Hall–Kier alpha value is -3.13. The number of halogens is 2. The van der Waals surface area contributed by atoms with Crippen molar-refractivity contribution in [1.82, 2.24) is 20.4 Å². The van der Waals surface area contributed by atoms with Crippen LogP contribution in [0.3, 0.4) is 0 Å². The number of fused-ring (bicyclic) bond motifs is 1. The molecule has 0 spiro atoms. The van der Waals surface area contributed by atoms with Crippen LogP contribution in [0.2, 0.25) is 0 Å². The first-order chi connectivity index (χ1) is 18.1. The van der Waals surface area contributed by atoms with E-state index in [0.717, 1.165) is 75.3 Å². The Balaban J connectivity index is 1.15. The molecule has 0 saturated carbocycles. The highest BCUT2D eigenvalue weighted by Gasteiger charge is 2.26. The molecule has 5 rings (SSSR count). The van der Waals surface area contributed by atoms with Crippen molar-refractivity contribution in [2.45, 2.75) is 18.9 Å². The lowest BCUT2D eigenvalue weighted by molar-refractivity contribution is 0.0921. The molecule has 0 radical (unpaired) electrons. The first kappa shape index (κ1) is 25.5. The summed E-state index contributed by atoms with van der Waals surface area (Å²) in [6.45, 7) is 6.69. The summed E-state index contributed by atoms with van der Waals surface area (Å²) < 4.78 is 27.1. The van der Waals surface area contributed by atoms with Crippen molar-refractivity contribution in [1.29, 1.82) is 0 Å². The first-order valence-electron chi connectivity index (χ1n) is 13.1. The minimum Gasteiger partial charge on any atom is -0.351 e. The van der Waals surface area contributed by atoms with Crippen LogP contribution in [0.15, 0.2) is 66.7 Å². The minimum atomic E-state index is -0.267. The van der Waals surface area contributed by atoms with Gasteiger partial charge in [0.05, 0.1) is 6.04 Å². The van der Waals surface area contributed by atoms with Gasteiger partial charge in [-0.1, -0.05) is 30.3 Å². The predicted octanol–water partition coefficient (Wildman–Crippen LogP) is 3.79. The average Bonchev–Trinajstić information content (AvgIpc) is 3.17. The molecule has 0 unspecified atom stereocenters. The van der Waals surface area contributed by atoms with Crippen molar-refractivity contribution >= 4 is 5.91 Å². The number of piperazine rings is 1. The van der Waals surface area contributed by atoms with Crippen molar-refractivity contribution in [3.8, 4) is 0 Å². The van der Waals surface area contributed by atoms with Crippen LogP contribution in [-0.2, 0) is 12.8 Å². The molecule has 37 heavy (non-hydrogen) atoms. The number of hydrogen-bond acceptors (Lipinski definition) is 4. The van der Waals surface area contributed by atoms with E-state index in [1.807, 2.05) is 36.4 Å². The van der Waals surface area contributed by atoms with Crippen molar-refractivity contribution in [3.63, 3.8) is 0 Å². The van der Waals surface area contributed by atoms with Crippen LogP contribution >= 0.6 is 0 Å². The van der Waals surface area contributed by atoms with Crippen LogP contribution in [-0.4, -0.2) is 68.1 Å². The van der Waals surface area contributed by atoms with Gasteiger partial charge in [0, 0.05) is 44.8 Å². The lowest BCUT2D eigenvalue weighted by Gasteiger charge is -2.39. The fraction of sp³-hybridized carbons (Fsp3) is 0.367. The van der Waals surface area contributed by atoms with Crippen LogP contribution in [0.1, 0.15) is 38.7 Å². The van der Waals surface area contributed by atoms with Crippen LogP contribution in [0.25, 0.3) is 0 Å². The summed E-state index contributed by atoms with van der Waals surface area (Å²) in [5, 5.41) is 6.49. The Labute approximate surface area is 217 Å². The maximum Gasteiger partial charge on any atom is 0.251 e.